The van der Waals surface area contributed by atoms with Crippen LogP contribution in [-0.2, 0) is 4.79 Å². The van der Waals surface area contributed by atoms with Crippen LogP contribution in [0, 0.1) is 17.1 Å². The number of hydrogen-bond donors (Lipinski definition) is 2. The van der Waals surface area contributed by atoms with Crippen LogP contribution < -0.4 is 15.4 Å². The van der Waals surface area contributed by atoms with Gasteiger partial charge in [0.05, 0.1) is 42.3 Å². The van der Waals surface area contributed by atoms with E-state index in [9.17, 15) is 14.4 Å². The zero-order valence-electron chi connectivity index (χ0n) is 23.9. The van der Waals surface area contributed by atoms with E-state index in [1.807, 2.05) is 6.07 Å². The van der Waals surface area contributed by atoms with Gasteiger partial charge in [0.1, 0.15) is 17.6 Å². The molecule has 0 fully saturated rings. The molecule has 0 saturated carbocycles. The fraction of sp³-hybridized carbons (Fsp3) is 0.208. The van der Waals surface area contributed by atoms with Gasteiger partial charge in [0.15, 0.2) is 0 Å². The van der Waals surface area contributed by atoms with E-state index in [0.29, 0.717) is 0 Å². The van der Waals surface area contributed by atoms with Gasteiger partial charge in [-0.1, -0.05) is 17.7 Å². The van der Waals surface area contributed by atoms with E-state index in [4.69, 9.17) is 24.6 Å². The number of amides is 1. The topological polar surface area (TPSA) is 90.3 Å². The number of nitrogens with zero attached hydrogens (tertiary/aromatic N) is 3. The largest absolute Gasteiger partial charge is 0.492 e. The predicted molar refractivity (Wildman–Crippen MR) is 129 cm³/mol. The van der Waals surface area contributed by atoms with Crippen molar-refractivity contribution in [3.8, 4) is 11.8 Å². The lowest BCUT2D eigenvalue weighted by Gasteiger charge is -2.16. The Balaban J connectivity index is 2.23. The second-order valence-corrected chi connectivity index (χ2v) is 7.29. The van der Waals surface area contributed by atoms with Crippen LogP contribution in [-0.4, -0.2) is 43.0 Å². The summed E-state index contributed by atoms with van der Waals surface area (Å²) in [7, 11) is 3.46. The molecule has 1 heterocycles. The highest BCUT2D eigenvalue weighted by molar-refractivity contribution is 6.31. The summed E-state index contributed by atoms with van der Waals surface area (Å²) in [6.07, 6.45) is 2.23. The first kappa shape index (κ1) is 16.9. The fourth-order valence-corrected chi connectivity index (χ4v) is 2.92. The second-order valence-electron chi connectivity index (χ2n) is 6.91. The van der Waals surface area contributed by atoms with E-state index in [0.717, 1.165) is 13.0 Å². The van der Waals surface area contributed by atoms with Gasteiger partial charge in [0.25, 0.3) is 0 Å². The molecule has 0 bridgehead atoms. The average Bonchev–Trinajstić information content (AvgIpc) is 2.83. The lowest BCUT2D eigenvalue weighted by atomic mass is 10.1. The number of anilines is 3. The highest BCUT2D eigenvalue weighted by Crippen LogP contribution is 2.36. The first-order chi connectivity index (χ1) is 18.1. The Kier molecular flexibility index (Phi) is 5.51. The molecule has 0 radical (unpaired) electrons. The molecule has 1 amide bonds. The molecule has 0 aliphatic heterocycles. The number of halogens is 2. The Morgan fingerprint density at radius 2 is 2.27 bits per heavy atom. The normalized spacial score (nSPS) is 14.4. The number of hydrogen-bond acceptors (Lipinski definition) is 6. The van der Waals surface area contributed by atoms with Gasteiger partial charge < -0.3 is 20.3 Å². The highest BCUT2D eigenvalue weighted by Gasteiger charge is 2.15. The first-order valence-corrected chi connectivity index (χ1v) is 9.91. The maximum absolute atomic E-state index is 14.1. The van der Waals surface area contributed by atoms with E-state index >= 15 is 0 Å². The number of ether oxygens (including phenoxy) is 1. The molecule has 0 spiro atoms. The summed E-state index contributed by atoms with van der Waals surface area (Å²) in [5.74, 6) is -2.03. The van der Waals surface area contributed by atoms with Gasteiger partial charge in [-0.05, 0) is 45.2 Å². The summed E-state index contributed by atoms with van der Waals surface area (Å²) < 4.78 is 67.2. The number of pyridine rings is 1. The van der Waals surface area contributed by atoms with Crippen molar-refractivity contribution in [2.75, 3.05) is 37.8 Å². The molecule has 1 aromatic heterocycles. The SMILES string of the molecule is [2H]/C(=C\C(=O)Nc1cc2c(Nc3c([2H])c([2H])c(F)c(Cl)c3[2H])c(C#N)cnc2cc1OC([2H])([2H])C)CN(C)C. The standard InChI is InChI=1S/C24H23ClFN5O2/c1-4-33-22-12-20-17(11-21(22)30-23(32)6-5-9-31(2)3)24(15(13-27)14-28-20)29-16-7-8-19(26)18(25)10-16/h5-8,10-12,14H,4,9H2,1-3H3,(H,28,29)(H,30,32)/b6-5+/i4D2,5D,7D,8D,10D. The average molecular weight is 474 g/mol. The second kappa shape index (κ2) is 10.8. The molecule has 0 saturated heterocycles. The minimum atomic E-state index is -2.15. The molecule has 2 aromatic carbocycles. The zero-order chi connectivity index (χ0) is 29.2. The van der Waals surface area contributed by atoms with E-state index in [1.165, 1.54) is 18.3 Å². The molecule has 0 aliphatic carbocycles. The van der Waals surface area contributed by atoms with E-state index in [2.05, 4.69) is 15.6 Å². The van der Waals surface area contributed by atoms with Crippen molar-refractivity contribution in [3.05, 3.63) is 65.0 Å². The maximum Gasteiger partial charge on any atom is 0.248 e. The molecular weight excluding hydrogens is 445 g/mol. The Morgan fingerprint density at radius 1 is 1.48 bits per heavy atom. The summed E-state index contributed by atoms with van der Waals surface area (Å²) in [5.41, 5.74) is -0.225. The molecule has 3 rings (SSSR count). The van der Waals surface area contributed by atoms with Gasteiger partial charge in [-0.15, -0.1) is 0 Å². The molecule has 33 heavy (non-hydrogen) atoms. The molecular formula is C24H23ClFN5O2. The van der Waals surface area contributed by atoms with Crippen molar-refractivity contribution in [2.45, 2.75) is 6.92 Å². The lowest BCUT2D eigenvalue weighted by Crippen LogP contribution is -2.13. The Labute approximate surface area is 204 Å². The van der Waals surface area contributed by atoms with Crippen molar-refractivity contribution < 1.29 is 22.1 Å². The molecule has 0 atom stereocenters. The number of likely N-dealkylation sites (N-methyl/N-ethyl adjacent to an activating group) is 1. The van der Waals surface area contributed by atoms with E-state index in [-0.39, 0.29) is 51.9 Å². The molecule has 0 unspecified atom stereocenters. The predicted octanol–water partition coefficient (Wildman–Crippen LogP) is 5.10. The van der Waals surface area contributed by atoms with Crippen molar-refractivity contribution in [2.24, 2.45) is 0 Å². The Morgan fingerprint density at radius 3 is 2.97 bits per heavy atom. The Bertz CT molecular complexity index is 1510. The fourth-order valence-electron chi connectivity index (χ4n) is 2.78. The van der Waals surface area contributed by atoms with Crippen molar-refractivity contribution >= 4 is 45.5 Å². The number of aromatic nitrogens is 1. The van der Waals surface area contributed by atoms with Crippen LogP contribution in [0.2, 0.25) is 5.02 Å². The summed E-state index contributed by atoms with van der Waals surface area (Å²) in [4.78, 5) is 18.6. The molecule has 0 aliphatic rings. The number of benzene rings is 2. The van der Waals surface area contributed by atoms with Crippen LogP contribution in [0.5, 0.6) is 5.75 Å². The first-order valence-electron chi connectivity index (χ1n) is 12.5. The number of nitriles is 1. The van der Waals surface area contributed by atoms with Crippen molar-refractivity contribution in [3.63, 3.8) is 0 Å². The van der Waals surface area contributed by atoms with E-state index in [1.54, 1.807) is 19.0 Å². The van der Waals surface area contributed by atoms with Gasteiger partial charge in [-0.25, -0.2) is 4.39 Å². The zero-order valence-corrected chi connectivity index (χ0v) is 18.7. The number of fused-ring (bicyclic) bond motifs is 1. The number of carbonyl (C=O) groups excluding carboxylic acids is 1. The smallest absolute Gasteiger partial charge is 0.248 e. The number of rotatable bonds is 8. The lowest BCUT2D eigenvalue weighted by molar-refractivity contribution is -0.111. The third kappa shape index (κ3) is 5.98. The Hall–Kier alpha value is -3.67. The van der Waals surface area contributed by atoms with Crippen LogP contribution >= 0.6 is 11.6 Å². The highest BCUT2D eigenvalue weighted by atomic mass is 35.5. The monoisotopic (exact) mass is 473 g/mol. The minimum absolute atomic E-state index is 0.00713. The minimum Gasteiger partial charge on any atom is -0.492 e. The van der Waals surface area contributed by atoms with Crippen molar-refractivity contribution in [1.82, 2.24) is 9.88 Å². The number of nitrogens with one attached hydrogen (secondary N) is 2. The molecule has 2 N–H and O–H groups in total. The van der Waals surface area contributed by atoms with Gasteiger partial charge in [-0.2, -0.15) is 5.26 Å². The third-order valence-electron chi connectivity index (χ3n) is 4.18. The van der Waals surface area contributed by atoms with Gasteiger partial charge in [0.2, 0.25) is 5.91 Å². The number of carbonyl (C=O) groups is 1. The summed E-state index contributed by atoms with van der Waals surface area (Å²) in [5, 5.41) is 14.5. The molecule has 3 aromatic rings. The molecule has 9 heteroatoms. The van der Waals surface area contributed by atoms with Crippen LogP contribution in [0.15, 0.2) is 48.6 Å². The van der Waals surface area contributed by atoms with Gasteiger partial charge in [-0.3, -0.25) is 9.78 Å². The third-order valence-corrected chi connectivity index (χ3v) is 4.44. The quantitative estimate of drug-likeness (QED) is 0.442. The van der Waals surface area contributed by atoms with Crippen LogP contribution in [0.25, 0.3) is 10.9 Å². The summed E-state index contributed by atoms with van der Waals surface area (Å²) in [6.45, 7) is -0.806. The summed E-state index contributed by atoms with van der Waals surface area (Å²) >= 11 is 5.85. The maximum atomic E-state index is 14.1. The van der Waals surface area contributed by atoms with Crippen molar-refractivity contribution in [1.29, 1.82) is 5.26 Å². The van der Waals surface area contributed by atoms with Crippen LogP contribution in [0.4, 0.5) is 21.5 Å². The van der Waals surface area contributed by atoms with Crippen LogP contribution in [0.1, 0.15) is 20.7 Å². The van der Waals surface area contributed by atoms with Gasteiger partial charge >= 0.3 is 0 Å². The van der Waals surface area contributed by atoms with Gasteiger partial charge in [0, 0.05) is 36.0 Å². The molecule has 170 valence electrons. The van der Waals surface area contributed by atoms with E-state index < -0.39 is 41.4 Å². The van der Waals surface area contributed by atoms with Crippen LogP contribution in [0.3, 0.4) is 0 Å². The molecule has 7 nitrogen and oxygen atoms in total. The summed E-state index contributed by atoms with van der Waals surface area (Å²) in [6, 6.07) is 2.47.